The number of quaternary nitrogens is 1. The first-order valence-corrected chi connectivity index (χ1v) is 5.06. The molecule has 0 aromatic rings. The number of hydrogen-bond donors (Lipinski definition) is 1. The van der Waals surface area contributed by atoms with Gasteiger partial charge in [-0.1, -0.05) is 0 Å². The minimum absolute atomic E-state index is 0.0781. The van der Waals surface area contributed by atoms with Crippen LogP contribution in [-0.2, 0) is 0 Å². The summed E-state index contributed by atoms with van der Waals surface area (Å²) in [6, 6.07) is -0.208. The van der Waals surface area contributed by atoms with Crippen molar-refractivity contribution < 1.29 is 19.5 Å². The van der Waals surface area contributed by atoms with E-state index in [1.165, 1.54) is 0 Å². The fourth-order valence-electron chi connectivity index (χ4n) is 2.61. The largest absolute Gasteiger partial charge is 0.498 e. The molecule has 1 unspecified atom stereocenters. The Balaban J connectivity index is 3.10. The number of hydrogen-bond acceptors (Lipinski definition) is 3. The van der Waals surface area contributed by atoms with E-state index in [9.17, 15) is 15.0 Å². The molecule has 0 aromatic heterocycles. The predicted molar refractivity (Wildman–Crippen MR) is 50.4 cm³/mol. The van der Waals surface area contributed by atoms with Crippen LogP contribution in [0.3, 0.4) is 0 Å². The minimum Gasteiger partial charge on any atom is -0.498 e. The molecule has 0 bridgehead atoms. The van der Waals surface area contributed by atoms with E-state index in [0.29, 0.717) is 6.54 Å². The van der Waals surface area contributed by atoms with Gasteiger partial charge in [0.15, 0.2) is 0 Å². The van der Waals surface area contributed by atoms with Crippen LogP contribution in [0.5, 0.6) is 0 Å². The molecule has 1 rings (SSSR count). The van der Waals surface area contributed by atoms with Gasteiger partial charge < -0.3 is 15.0 Å². The Hall–Kier alpha value is -0.610. The van der Waals surface area contributed by atoms with Gasteiger partial charge in [0.05, 0.1) is 18.7 Å². The van der Waals surface area contributed by atoms with Crippen molar-refractivity contribution in [3.63, 3.8) is 0 Å². The van der Waals surface area contributed by atoms with Crippen molar-refractivity contribution in [2.75, 3.05) is 13.2 Å². The first kappa shape index (κ1) is 11.5. The molecule has 82 valence electrons. The van der Waals surface area contributed by atoms with Crippen molar-refractivity contribution in [1.29, 1.82) is 0 Å². The van der Waals surface area contributed by atoms with Gasteiger partial charge in [0.1, 0.15) is 6.04 Å². The molecule has 4 heteroatoms. The van der Waals surface area contributed by atoms with E-state index in [1.54, 1.807) is 0 Å². The van der Waals surface area contributed by atoms with Crippen LogP contribution in [0.4, 0.5) is 4.79 Å². The van der Waals surface area contributed by atoms with E-state index in [-0.39, 0.29) is 17.1 Å². The lowest BCUT2D eigenvalue weighted by atomic mass is 10.00. The summed E-state index contributed by atoms with van der Waals surface area (Å²) in [7, 11) is 0. The molecule has 0 spiro atoms. The molecule has 0 saturated carbocycles. The molecule has 1 aliphatic rings. The minimum atomic E-state index is -1.06. The molecule has 14 heavy (non-hydrogen) atoms. The highest BCUT2D eigenvalue weighted by Crippen LogP contribution is 2.35. The number of likely N-dealkylation sites (tertiary alicyclic amines) is 1. The van der Waals surface area contributed by atoms with Crippen LogP contribution in [0.2, 0.25) is 0 Å². The second-order valence-electron chi connectivity index (χ2n) is 5.01. The van der Waals surface area contributed by atoms with Crippen LogP contribution < -0.4 is 5.11 Å². The highest BCUT2D eigenvalue weighted by Gasteiger charge is 2.51. The summed E-state index contributed by atoms with van der Waals surface area (Å²) >= 11 is 0. The first-order chi connectivity index (χ1) is 6.36. The summed E-state index contributed by atoms with van der Waals surface area (Å²) in [4.78, 5) is 11.3. The van der Waals surface area contributed by atoms with Crippen molar-refractivity contribution in [3.05, 3.63) is 0 Å². The standard InChI is InChI=1S/C10H19NO3/c1-10(2,3)11(9(13)14)6-4-5-8(11)7-12/h8,12H,4-7H2,1-3H3/t8-,11?/m0/s1. The molecule has 1 heterocycles. The molecule has 0 aromatic carbocycles. The van der Waals surface area contributed by atoms with Crippen LogP contribution in [0, 0.1) is 0 Å². The molecule has 1 fully saturated rings. The second kappa shape index (κ2) is 3.51. The number of carboxylic acid groups (broad SMARTS) is 1. The van der Waals surface area contributed by atoms with Gasteiger partial charge in [0, 0.05) is 12.8 Å². The maximum absolute atomic E-state index is 11.3. The summed E-state index contributed by atoms with van der Waals surface area (Å²) in [5, 5.41) is 20.5. The summed E-state index contributed by atoms with van der Waals surface area (Å²) in [6.07, 6.45) is 0.548. The molecule has 1 saturated heterocycles. The Kier molecular flexibility index (Phi) is 2.88. The predicted octanol–water partition coefficient (Wildman–Crippen LogP) is 0.0997. The van der Waals surface area contributed by atoms with Crippen molar-refractivity contribution in [1.82, 2.24) is 0 Å². The number of carbonyl (C=O) groups excluding carboxylic acids is 1. The fraction of sp³-hybridized carbons (Fsp3) is 0.900. The van der Waals surface area contributed by atoms with Crippen molar-refractivity contribution in [3.8, 4) is 0 Å². The van der Waals surface area contributed by atoms with Crippen LogP contribution in [0.25, 0.3) is 0 Å². The Morgan fingerprint density at radius 1 is 1.57 bits per heavy atom. The Morgan fingerprint density at radius 3 is 2.43 bits per heavy atom. The number of aliphatic hydroxyl groups is 1. The second-order valence-corrected chi connectivity index (χ2v) is 5.01. The molecular weight excluding hydrogens is 182 g/mol. The molecular formula is C10H19NO3. The van der Waals surface area contributed by atoms with E-state index < -0.39 is 11.6 Å². The zero-order chi connectivity index (χ0) is 11.0. The van der Waals surface area contributed by atoms with E-state index >= 15 is 0 Å². The average molecular weight is 201 g/mol. The third-order valence-electron chi connectivity index (χ3n) is 3.41. The fourth-order valence-corrected chi connectivity index (χ4v) is 2.61. The highest BCUT2D eigenvalue weighted by molar-refractivity contribution is 5.55. The summed E-state index contributed by atoms with van der Waals surface area (Å²) < 4.78 is -0.108. The molecule has 0 aliphatic carbocycles. The van der Waals surface area contributed by atoms with Gasteiger partial charge in [-0.25, -0.2) is 0 Å². The molecule has 1 N–H and O–H groups in total. The van der Waals surface area contributed by atoms with Crippen molar-refractivity contribution in [2.45, 2.75) is 45.2 Å². The number of carbonyl (C=O) groups is 1. The third kappa shape index (κ3) is 1.42. The quantitative estimate of drug-likeness (QED) is 0.612. The van der Waals surface area contributed by atoms with Gasteiger partial charge in [-0.15, -0.1) is 0 Å². The summed E-state index contributed by atoms with van der Waals surface area (Å²) in [5.41, 5.74) is -0.414. The van der Waals surface area contributed by atoms with Crippen molar-refractivity contribution >= 4 is 6.09 Å². The number of rotatable bonds is 1. The summed E-state index contributed by atoms with van der Waals surface area (Å²) in [6.45, 7) is 6.15. The van der Waals surface area contributed by atoms with E-state index in [2.05, 4.69) is 0 Å². The van der Waals surface area contributed by atoms with Gasteiger partial charge in [-0.2, -0.15) is 0 Å². The van der Waals surface area contributed by atoms with E-state index in [4.69, 9.17) is 0 Å². The molecule has 4 nitrogen and oxygen atoms in total. The van der Waals surface area contributed by atoms with E-state index in [0.717, 1.165) is 12.8 Å². The molecule has 2 atom stereocenters. The van der Waals surface area contributed by atoms with Crippen LogP contribution >= 0.6 is 0 Å². The lowest BCUT2D eigenvalue weighted by Crippen LogP contribution is -2.70. The highest BCUT2D eigenvalue weighted by atomic mass is 16.4. The Labute approximate surface area is 84.7 Å². The van der Waals surface area contributed by atoms with Crippen molar-refractivity contribution in [2.24, 2.45) is 0 Å². The first-order valence-electron chi connectivity index (χ1n) is 5.06. The monoisotopic (exact) mass is 201 g/mol. The van der Waals surface area contributed by atoms with Gasteiger partial charge in [0.2, 0.25) is 0 Å². The average Bonchev–Trinajstić information content (AvgIpc) is 2.46. The Morgan fingerprint density at radius 2 is 2.14 bits per heavy atom. The lowest BCUT2D eigenvalue weighted by molar-refractivity contribution is -0.930. The maximum atomic E-state index is 11.3. The van der Waals surface area contributed by atoms with Crippen LogP contribution in [0.1, 0.15) is 33.6 Å². The topological polar surface area (TPSA) is 60.4 Å². The van der Waals surface area contributed by atoms with E-state index in [1.807, 2.05) is 20.8 Å². The van der Waals surface area contributed by atoms with Gasteiger partial charge in [-0.05, 0) is 20.8 Å². The molecule has 1 aliphatic heterocycles. The van der Waals surface area contributed by atoms with Crippen LogP contribution in [-0.4, -0.2) is 40.4 Å². The van der Waals surface area contributed by atoms with Gasteiger partial charge in [0.25, 0.3) is 6.09 Å². The summed E-state index contributed by atoms with van der Waals surface area (Å²) in [5.74, 6) is 0. The number of aliphatic hydroxyl groups excluding tert-OH is 1. The Bertz CT molecular complexity index is 234. The molecule has 1 amide bonds. The zero-order valence-corrected chi connectivity index (χ0v) is 9.12. The zero-order valence-electron chi connectivity index (χ0n) is 9.12. The smallest absolute Gasteiger partial charge is 0.258 e. The maximum Gasteiger partial charge on any atom is 0.258 e. The van der Waals surface area contributed by atoms with Gasteiger partial charge in [-0.3, -0.25) is 4.48 Å². The number of amides is 1. The number of nitrogens with zero attached hydrogens (tertiary/aromatic N) is 1. The lowest BCUT2D eigenvalue weighted by Gasteiger charge is -2.48. The molecule has 0 radical (unpaired) electrons. The normalized spacial score (nSPS) is 33.3. The third-order valence-corrected chi connectivity index (χ3v) is 3.41. The van der Waals surface area contributed by atoms with Crippen LogP contribution in [0.15, 0.2) is 0 Å². The van der Waals surface area contributed by atoms with Gasteiger partial charge >= 0.3 is 0 Å². The SMILES string of the molecule is CC(C)(C)[N+]1(C(=O)[O-])CCC[C@H]1CO.